The lowest BCUT2D eigenvalue weighted by atomic mass is 10.2. The molecule has 0 aliphatic carbocycles. The maximum absolute atomic E-state index is 5.78. The Bertz CT molecular complexity index is 485. The molecule has 1 aromatic carbocycles. The van der Waals surface area contributed by atoms with Crippen molar-refractivity contribution in [3.63, 3.8) is 0 Å². The van der Waals surface area contributed by atoms with Crippen molar-refractivity contribution in [2.24, 2.45) is 0 Å². The molecule has 1 heterocycles. The zero-order chi connectivity index (χ0) is 13.5. The van der Waals surface area contributed by atoms with Crippen LogP contribution in [0.5, 0.6) is 5.75 Å². The van der Waals surface area contributed by atoms with E-state index in [1.165, 1.54) is 4.90 Å². The molecule has 0 bridgehead atoms. The van der Waals surface area contributed by atoms with Gasteiger partial charge in [0.25, 0.3) is 0 Å². The minimum Gasteiger partial charge on any atom is -0.491 e. The molecule has 3 nitrogen and oxygen atoms in total. The summed E-state index contributed by atoms with van der Waals surface area (Å²) in [6, 6.07) is 12.2. The quantitative estimate of drug-likeness (QED) is 0.617. The summed E-state index contributed by atoms with van der Waals surface area (Å²) in [4.78, 5) is 1.17. The van der Waals surface area contributed by atoms with Crippen molar-refractivity contribution in [2.75, 3.05) is 19.4 Å². The van der Waals surface area contributed by atoms with Crippen LogP contribution in [0.4, 0.5) is 0 Å². The van der Waals surface area contributed by atoms with Gasteiger partial charge < -0.3 is 14.5 Å². The molecule has 0 aliphatic rings. The van der Waals surface area contributed by atoms with Crippen LogP contribution in [-0.2, 0) is 0 Å². The van der Waals surface area contributed by atoms with Crippen LogP contribution < -0.4 is 10.1 Å². The molecule has 2 aromatic rings. The van der Waals surface area contributed by atoms with Crippen molar-refractivity contribution < 1.29 is 9.15 Å². The summed E-state index contributed by atoms with van der Waals surface area (Å²) in [7, 11) is 0. The maximum atomic E-state index is 5.78. The van der Waals surface area contributed by atoms with Crippen LogP contribution in [0.15, 0.2) is 52.0 Å². The number of benzene rings is 1. The first kappa shape index (κ1) is 14.0. The van der Waals surface area contributed by atoms with E-state index in [1.54, 1.807) is 18.0 Å². The minimum absolute atomic E-state index is 0.203. The maximum Gasteiger partial charge on any atom is 0.132 e. The zero-order valence-electron chi connectivity index (χ0n) is 11.3. The lowest BCUT2D eigenvalue weighted by Crippen LogP contribution is -2.24. The average Bonchev–Trinajstić information content (AvgIpc) is 2.98. The van der Waals surface area contributed by atoms with Gasteiger partial charge in [-0.3, -0.25) is 0 Å². The number of hydrogen-bond donors (Lipinski definition) is 1. The van der Waals surface area contributed by atoms with Crippen molar-refractivity contribution in [3.8, 4) is 5.75 Å². The predicted molar refractivity (Wildman–Crippen MR) is 78.8 cm³/mol. The highest BCUT2D eigenvalue weighted by Crippen LogP contribution is 2.26. The number of hydrogen-bond acceptors (Lipinski definition) is 4. The second-order valence-electron chi connectivity index (χ2n) is 4.19. The molecule has 1 unspecified atom stereocenters. The number of ether oxygens (including phenoxy) is 1. The molecule has 0 aliphatic heterocycles. The molecule has 102 valence electrons. The molecule has 0 amide bonds. The summed E-state index contributed by atoms with van der Waals surface area (Å²) in [5.41, 5.74) is 0. The summed E-state index contributed by atoms with van der Waals surface area (Å²) in [5.74, 6) is 1.90. The van der Waals surface area contributed by atoms with Crippen LogP contribution in [0, 0.1) is 0 Å². The molecule has 1 aromatic heterocycles. The second-order valence-corrected chi connectivity index (χ2v) is 5.04. The number of rotatable bonds is 7. The van der Waals surface area contributed by atoms with Gasteiger partial charge in [-0.2, -0.15) is 0 Å². The van der Waals surface area contributed by atoms with E-state index >= 15 is 0 Å². The first-order valence-corrected chi connectivity index (χ1v) is 7.56. The molecule has 0 radical (unpaired) electrons. The van der Waals surface area contributed by atoms with Crippen LogP contribution >= 0.6 is 11.8 Å². The Kier molecular flexibility index (Phi) is 5.36. The molecule has 0 spiro atoms. The first-order chi connectivity index (χ1) is 9.31. The van der Waals surface area contributed by atoms with Gasteiger partial charge in [0.2, 0.25) is 0 Å². The van der Waals surface area contributed by atoms with Crippen LogP contribution in [0.25, 0.3) is 0 Å². The van der Waals surface area contributed by atoms with E-state index < -0.39 is 0 Å². The molecule has 4 heteroatoms. The highest BCUT2D eigenvalue weighted by molar-refractivity contribution is 7.98. The van der Waals surface area contributed by atoms with Crippen molar-refractivity contribution in [2.45, 2.75) is 17.9 Å². The summed E-state index contributed by atoms with van der Waals surface area (Å²) in [6.07, 6.45) is 3.75. The third kappa shape index (κ3) is 4.04. The molecular formula is C15H19NO2S. The zero-order valence-corrected chi connectivity index (χ0v) is 12.1. The van der Waals surface area contributed by atoms with Gasteiger partial charge in [-0.25, -0.2) is 0 Å². The van der Waals surface area contributed by atoms with E-state index in [-0.39, 0.29) is 6.04 Å². The molecule has 2 rings (SSSR count). The fourth-order valence-electron chi connectivity index (χ4n) is 1.81. The smallest absolute Gasteiger partial charge is 0.132 e. The number of nitrogens with one attached hydrogen (secondary N) is 1. The van der Waals surface area contributed by atoms with Crippen molar-refractivity contribution in [3.05, 3.63) is 48.4 Å². The minimum atomic E-state index is 0.203. The highest BCUT2D eigenvalue weighted by atomic mass is 32.2. The van der Waals surface area contributed by atoms with E-state index in [4.69, 9.17) is 9.15 Å². The van der Waals surface area contributed by atoms with Crippen LogP contribution in [0.2, 0.25) is 0 Å². The van der Waals surface area contributed by atoms with Crippen molar-refractivity contribution >= 4 is 11.8 Å². The van der Waals surface area contributed by atoms with Crippen LogP contribution in [0.1, 0.15) is 18.7 Å². The Morgan fingerprint density at radius 3 is 2.84 bits per heavy atom. The average molecular weight is 277 g/mol. The predicted octanol–water partition coefficient (Wildman–Crippen LogP) is 3.73. The summed E-state index contributed by atoms with van der Waals surface area (Å²) < 4.78 is 11.1. The molecular weight excluding hydrogens is 258 g/mol. The lowest BCUT2D eigenvalue weighted by molar-refractivity contribution is 0.296. The van der Waals surface area contributed by atoms with E-state index in [0.717, 1.165) is 18.1 Å². The molecule has 19 heavy (non-hydrogen) atoms. The summed E-state index contributed by atoms with van der Waals surface area (Å²) in [5, 5.41) is 3.37. The third-order valence-electron chi connectivity index (χ3n) is 2.85. The van der Waals surface area contributed by atoms with Gasteiger partial charge in [-0.15, -0.1) is 11.8 Å². The molecule has 1 N–H and O–H groups in total. The topological polar surface area (TPSA) is 34.4 Å². The van der Waals surface area contributed by atoms with Gasteiger partial charge >= 0.3 is 0 Å². The number of thioether (sulfide) groups is 1. The Balaban J connectivity index is 1.75. The van der Waals surface area contributed by atoms with Gasteiger partial charge in [-0.05, 0) is 37.4 Å². The largest absolute Gasteiger partial charge is 0.491 e. The van der Waals surface area contributed by atoms with Gasteiger partial charge in [0.1, 0.15) is 18.1 Å². The Hall–Kier alpha value is -1.39. The third-order valence-corrected chi connectivity index (χ3v) is 3.63. The van der Waals surface area contributed by atoms with E-state index in [9.17, 15) is 0 Å². The van der Waals surface area contributed by atoms with Gasteiger partial charge in [-0.1, -0.05) is 12.1 Å². The number of furan rings is 1. The Labute approximate surface area is 118 Å². The summed E-state index contributed by atoms with van der Waals surface area (Å²) in [6.45, 7) is 3.50. The normalized spacial score (nSPS) is 12.3. The standard InChI is InChI=1S/C15H19NO2S/c1-12(13-7-5-10-17-13)16-9-11-18-14-6-3-4-8-15(14)19-2/h3-8,10,12,16H,9,11H2,1-2H3. The van der Waals surface area contributed by atoms with E-state index in [0.29, 0.717) is 6.61 Å². The Morgan fingerprint density at radius 2 is 2.11 bits per heavy atom. The van der Waals surface area contributed by atoms with Crippen molar-refractivity contribution in [1.82, 2.24) is 5.32 Å². The lowest BCUT2D eigenvalue weighted by Gasteiger charge is -2.13. The molecule has 1 atom stereocenters. The van der Waals surface area contributed by atoms with E-state index in [2.05, 4.69) is 24.6 Å². The monoisotopic (exact) mass is 277 g/mol. The van der Waals surface area contributed by atoms with Gasteiger partial charge in [0.15, 0.2) is 0 Å². The van der Waals surface area contributed by atoms with Gasteiger partial charge in [0.05, 0.1) is 12.3 Å². The second kappa shape index (κ2) is 7.26. The molecule has 0 fully saturated rings. The first-order valence-electron chi connectivity index (χ1n) is 6.34. The Morgan fingerprint density at radius 1 is 1.26 bits per heavy atom. The fourth-order valence-corrected chi connectivity index (χ4v) is 2.36. The van der Waals surface area contributed by atoms with Crippen LogP contribution in [-0.4, -0.2) is 19.4 Å². The summed E-state index contributed by atoms with van der Waals surface area (Å²) >= 11 is 1.70. The molecule has 0 saturated heterocycles. The SMILES string of the molecule is CSc1ccccc1OCCNC(C)c1ccco1. The fraction of sp³-hybridized carbons (Fsp3) is 0.333. The molecule has 0 saturated carbocycles. The highest BCUT2D eigenvalue weighted by Gasteiger charge is 2.07. The van der Waals surface area contributed by atoms with Gasteiger partial charge in [0, 0.05) is 11.4 Å². The van der Waals surface area contributed by atoms with E-state index in [1.807, 2.05) is 30.3 Å². The number of para-hydroxylation sites is 1. The van der Waals surface area contributed by atoms with Crippen LogP contribution in [0.3, 0.4) is 0 Å². The van der Waals surface area contributed by atoms with Crippen molar-refractivity contribution in [1.29, 1.82) is 0 Å².